The van der Waals surface area contributed by atoms with Gasteiger partial charge in [0.15, 0.2) is 5.69 Å². The summed E-state index contributed by atoms with van der Waals surface area (Å²) in [6.45, 7) is 2.81. The van der Waals surface area contributed by atoms with Gasteiger partial charge in [0.25, 0.3) is 15.9 Å². The number of halogens is 1. The maximum atomic E-state index is 13.0. The van der Waals surface area contributed by atoms with E-state index in [-0.39, 0.29) is 22.4 Å². The summed E-state index contributed by atoms with van der Waals surface area (Å²) >= 11 is 6.95. The van der Waals surface area contributed by atoms with Crippen molar-refractivity contribution < 1.29 is 13.2 Å². The largest absolute Gasteiger partial charge is 0.347 e. The molecule has 0 unspecified atom stereocenters. The molecule has 0 radical (unpaired) electrons. The second kappa shape index (κ2) is 8.14. The maximum absolute atomic E-state index is 13.0. The summed E-state index contributed by atoms with van der Waals surface area (Å²) in [7, 11) is -1.90. The zero-order valence-corrected chi connectivity index (χ0v) is 18.9. The summed E-state index contributed by atoms with van der Waals surface area (Å²) in [5.41, 5.74) is 3.91. The van der Waals surface area contributed by atoms with Crippen LogP contribution < -0.4 is 5.32 Å². The third kappa shape index (κ3) is 4.02. The number of nitrogens with zero attached hydrogens (tertiary/aromatic N) is 3. The fraction of sp³-hybridized carbons (Fsp3) is 0.300. The molecule has 3 aromatic rings. The summed E-state index contributed by atoms with van der Waals surface area (Å²) in [5.74, 6) is -0.313. The number of amides is 1. The van der Waals surface area contributed by atoms with E-state index in [2.05, 4.69) is 10.4 Å². The van der Waals surface area contributed by atoms with E-state index in [1.54, 1.807) is 17.8 Å². The monoisotopic (exact) mass is 464 g/mol. The van der Waals surface area contributed by atoms with E-state index in [0.29, 0.717) is 29.4 Å². The Kier molecular flexibility index (Phi) is 5.71. The van der Waals surface area contributed by atoms with Crippen LogP contribution in [0.15, 0.2) is 40.6 Å². The molecule has 0 atom stereocenters. The molecule has 3 heterocycles. The molecule has 1 N–H and O–H groups in total. The molecule has 0 aliphatic carbocycles. The first-order chi connectivity index (χ1) is 14.3. The number of thiophene rings is 1. The van der Waals surface area contributed by atoms with Crippen molar-refractivity contribution in [3.63, 3.8) is 0 Å². The first-order valence-corrected chi connectivity index (χ1v) is 12.0. The Balaban J connectivity index is 1.56. The summed E-state index contributed by atoms with van der Waals surface area (Å²) in [6, 6.07) is 11.0. The number of rotatable bonds is 5. The Bertz CT molecular complexity index is 1220. The highest BCUT2D eigenvalue weighted by atomic mass is 35.5. The Morgan fingerprint density at radius 2 is 2.10 bits per heavy atom. The molecule has 158 valence electrons. The molecule has 1 aliphatic heterocycles. The molecule has 1 amide bonds. The van der Waals surface area contributed by atoms with E-state index >= 15 is 0 Å². The summed E-state index contributed by atoms with van der Waals surface area (Å²) in [5, 5.41) is 7.28. The number of aryl methyl sites for hydroxylation is 2. The van der Waals surface area contributed by atoms with Crippen LogP contribution in [0.1, 0.15) is 32.9 Å². The van der Waals surface area contributed by atoms with Gasteiger partial charge in [-0.05, 0) is 24.6 Å². The molecule has 0 fully saturated rings. The molecule has 2 aromatic heterocycles. The van der Waals surface area contributed by atoms with Crippen molar-refractivity contribution in [1.29, 1.82) is 0 Å². The standard InChI is InChI=1S/C20H21ClN4O3S2/c1-13-4-3-5-14(10-13)11-22-20(26)19-15-12-25(9-8-16(15)24(2)23-19)30(27,28)18-7-6-17(21)29-18/h3-7,10H,8-9,11-12H2,1-2H3,(H,22,26). The lowest BCUT2D eigenvalue weighted by Crippen LogP contribution is -2.36. The number of benzene rings is 1. The average molecular weight is 465 g/mol. The highest BCUT2D eigenvalue weighted by Crippen LogP contribution is 2.31. The third-order valence-electron chi connectivity index (χ3n) is 5.10. The van der Waals surface area contributed by atoms with Crippen molar-refractivity contribution in [3.05, 3.63) is 68.8 Å². The van der Waals surface area contributed by atoms with Crippen LogP contribution in [0.3, 0.4) is 0 Å². The second-order valence-electron chi connectivity index (χ2n) is 7.22. The van der Waals surface area contributed by atoms with Crippen LogP contribution in [0.2, 0.25) is 4.34 Å². The van der Waals surface area contributed by atoms with Crippen molar-refractivity contribution in [3.8, 4) is 0 Å². The van der Waals surface area contributed by atoms with E-state index < -0.39 is 10.0 Å². The molecule has 4 rings (SSSR count). The fourth-order valence-electron chi connectivity index (χ4n) is 3.61. The van der Waals surface area contributed by atoms with Crippen molar-refractivity contribution >= 4 is 38.9 Å². The number of fused-ring (bicyclic) bond motifs is 1. The van der Waals surface area contributed by atoms with Gasteiger partial charge in [-0.1, -0.05) is 41.4 Å². The van der Waals surface area contributed by atoms with Crippen LogP contribution >= 0.6 is 22.9 Å². The maximum Gasteiger partial charge on any atom is 0.272 e. The second-order valence-corrected chi connectivity index (χ2v) is 11.1. The topological polar surface area (TPSA) is 84.3 Å². The smallest absolute Gasteiger partial charge is 0.272 e. The lowest BCUT2D eigenvalue weighted by molar-refractivity contribution is 0.0943. The summed E-state index contributed by atoms with van der Waals surface area (Å²) < 4.78 is 29.7. The number of carbonyl (C=O) groups is 1. The first-order valence-electron chi connectivity index (χ1n) is 9.39. The van der Waals surface area contributed by atoms with E-state index in [4.69, 9.17) is 11.6 Å². The van der Waals surface area contributed by atoms with Crippen LogP contribution in [-0.4, -0.2) is 35.0 Å². The van der Waals surface area contributed by atoms with Gasteiger partial charge in [-0.15, -0.1) is 11.3 Å². The van der Waals surface area contributed by atoms with Crippen LogP contribution in [-0.2, 0) is 36.6 Å². The third-order valence-corrected chi connectivity index (χ3v) is 8.64. The van der Waals surface area contributed by atoms with Crippen LogP contribution in [0.5, 0.6) is 0 Å². The molecule has 10 heteroatoms. The van der Waals surface area contributed by atoms with E-state index in [9.17, 15) is 13.2 Å². The fourth-order valence-corrected chi connectivity index (χ4v) is 6.65. The van der Waals surface area contributed by atoms with Crippen molar-refractivity contribution in [2.45, 2.75) is 30.6 Å². The minimum atomic E-state index is -3.68. The first kappa shape index (κ1) is 21.0. The Morgan fingerprint density at radius 3 is 2.80 bits per heavy atom. The van der Waals surface area contributed by atoms with Gasteiger partial charge in [-0.3, -0.25) is 9.48 Å². The molecule has 0 saturated heterocycles. The van der Waals surface area contributed by atoms with Gasteiger partial charge in [0, 0.05) is 44.4 Å². The van der Waals surface area contributed by atoms with Gasteiger partial charge < -0.3 is 5.32 Å². The number of carbonyl (C=O) groups excluding carboxylic acids is 1. The number of nitrogens with one attached hydrogen (secondary N) is 1. The van der Waals surface area contributed by atoms with Crippen LogP contribution in [0.25, 0.3) is 0 Å². The van der Waals surface area contributed by atoms with Crippen molar-refractivity contribution in [2.75, 3.05) is 6.54 Å². The lowest BCUT2D eigenvalue weighted by atomic mass is 10.1. The molecule has 0 bridgehead atoms. The van der Waals surface area contributed by atoms with Gasteiger partial charge >= 0.3 is 0 Å². The zero-order valence-electron chi connectivity index (χ0n) is 16.6. The molecular weight excluding hydrogens is 444 g/mol. The Labute approximate surface area is 184 Å². The summed E-state index contributed by atoms with van der Waals surface area (Å²) in [4.78, 5) is 12.8. The minimum Gasteiger partial charge on any atom is -0.347 e. The minimum absolute atomic E-state index is 0.105. The van der Waals surface area contributed by atoms with E-state index in [0.717, 1.165) is 28.2 Å². The summed E-state index contributed by atoms with van der Waals surface area (Å²) in [6.07, 6.45) is 0.488. The SMILES string of the molecule is Cc1cccc(CNC(=O)c2nn(C)c3c2CN(S(=O)(=O)c2ccc(Cl)s2)CC3)c1. The average Bonchev–Trinajstić information content (AvgIpc) is 3.30. The lowest BCUT2D eigenvalue weighted by Gasteiger charge is -2.26. The van der Waals surface area contributed by atoms with Gasteiger partial charge in [-0.25, -0.2) is 8.42 Å². The van der Waals surface area contributed by atoms with E-state index in [1.165, 1.54) is 10.4 Å². The van der Waals surface area contributed by atoms with Gasteiger partial charge in [0.05, 0.1) is 4.34 Å². The van der Waals surface area contributed by atoms with Gasteiger partial charge in [0.2, 0.25) is 0 Å². The quantitative estimate of drug-likeness (QED) is 0.628. The van der Waals surface area contributed by atoms with Crippen LogP contribution in [0, 0.1) is 6.92 Å². The number of sulfonamides is 1. The molecule has 0 saturated carbocycles. The molecule has 7 nitrogen and oxygen atoms in total. The number of hydrogen-bond acceptors (Lipinski definition) is 5. The normalized spacial score (nSPS) is 14.5. The van der Waals surface area contributed by atoms with Gasteiger partial charge in [-0.2, -0.15) is 9.40 Å². The molecule has 1 aromatic carbocycles. The van der Waals surface area contributed by atoms with Crippen molar-refractivity contribution in [1.82, 2.24) is 19.4 Å². The molecule has 1 aliphatic rings. The molecule has 30 heavy (non-hydrogen) atoms. The predicted octanol–water partition coefficient (Wildman–Crippen LogP) is 3.12. The highest BCUT2D eigenvalue weighted by molar-refractivity contribution is 7.91. The van der Waals surface area contributed by atoms with Gasteiger partial charge in [0.1, 0.15) is 4.21 Å². The Morgan fingerprint density at radius 1 is 1.30 bits per heavy atom. The van der Waals surface area contributed by atoms with Crippen molar-refractivity contribution in [2.24, 2.45) is 7.05 Å². The highest BCUT2D eigenvalue weighted by Gasteiger charge is 2.34. The Hall–Kier alpha value is -2.20. The predicted molar refractivity (Wildman–Crippen MR) is 116 cm³/mol. The van der Waals surface area contributed by atoms with E-state index in [1.807, 2.05) is 31.2 Å². The van der Waals surface area contributed by atoms with Crippen LogP contribution in [0.4, 0.5) is 0 Å². The molecule has 0 spiro atoms. The zero-order chi connectivity index (χ0) is 21.5. The number of hydrogen-bond donors (Lipinski definition) is 1. The number of aromatic nitrogens is 2. The molecular formula is C20H21ClN4O3S2.